The van der Waals surface area contributed by atoms with Crippen molar-refractivity contribution in [2.75, 3.05) is 43.7 Å². The zero-order valence-corrected chi connectivity index (χ0v) is 24.7. The standard InChI is InChI=1S/C33H41N3O6/c1-22-18-30(41-3)31(20-27(22)34(2)33(40)26-12-9-15-35(26)21-37)42-17-8-4-5-13-32(39)36-16-14-24-23-10-6-7-11-25(23)29(38)19-28(24)36/h6-7,10-11,18-21,26,33,38,40H,4-5,8-9,12-17H2,1-3H3/t26-,33?/m0/s1. The molecule has 5 rings (SSSR count). The Balaban J connectivity index is 1.14. The number of carbonyl (C=O) groups is 2. The SMILES string of the molecule is COc1cc(C)c(N(C)C(O)[C@@H]2CCCN2C=O)cc1OCCCCCC(=O)N1CCc2c1cc(O)c1ccccc21. The summed E-state index contributed by atoms with van der Waals surface area (Å²) < 4.78 is 11.7. The average molecular weight is 576 g/mol. The van der Waals surface area contributed by atoms with Crippen molar-refractivity contribution < 1.29 is 29.3 Å². The number of ether oxygens (including phenoxy) is 2. The molecule has 9 heteroatoms. The lowest BCUT2D eigenvalue weighted by atomic mass is 10.0. The number of anilines is 2. The van der Waals surface area contributed by atoms with Gasteiger partial charge in [0, 0.05) is 49.8 Å². The molecule has 1 unspecified atom stereocenters. The first-order valence-electron chi connectivity index (χ1n) is 14.8. The molecule has 42 heavy (non-hydrogen) atoms. The second kappa shape index (κ2) is 12.9. The van der Waals surface area contributed by atoms with Gasteiger partial charge in [0.05, 0.1) is 25.4 Å². The molecular formula is C33H41N3O6. The number of likely N-dealkylation sites (tertiary alicyclic amines) is 1. The van der Waals surface area contributed by atoms with Gasteiger partial charge in [-0.15, -0.1) is 0 Å². The summed E-state index contributed by atoms with van der Waals surface area (Å²) in [7, 11) is 3.43. The minimum atomic E-state index is -0.833. The number of hydrogen-bond donors (Lipinski definition) is 2. The van der Waals surface area contributed by atoms with Crippen molar-refractivity contribution in [2.45, 2.75) is 64.1 Å². The van der Waals surface area contributed by atoms with Crippen molar-refractivity contribution in [2.24, 2.45) is 0 Å². The number of likely N-dealkylation sites (N-methyl/N-ethyl adjacent to an activating group) is 1. The van der Waals surface area contributed by atoms with Crippen LogP contribution < -0.4 is 19.3 Å². The summed E-state index contributed by atoms with van der Waals surface area (Å²) in [4.78, 5) is 29.7. The van der Waals surface area contributed by atoms with Crippen LogP contribution in [0.4, 0.5) is 11.4 Å². The molecule has 0 saturated carbocycles. The third kappa shape index (κ3) is 5.83. The van der Waals surface area contributed by atoms with E-state index >= 15 is 0 Å². The summed E-state index contributed by atoms with van der Waals surface area (Å²) in [6.45, 7) is 3.72. The summed E-state index contributed by atoms with van der Waals surface area (Å²) in [6.07, 6.45) is 5.19. The number of benzene rings is 3. The van der Waals surface area contributed by atoms with Crippen LogP contribution in [0.2, 0.25) is 0 Å². The van der Waals surface area contributed by atoms with Crippen LogP contribution in [0.5, 0.6) is 17.2 Å². The van der Waals surface area contributed by atoms with Gasteiger partial charge in [-0.1, -0.05) is 24.3 Å². The summed E-state index contributed by atoms with van der Waals surface area (Å²) in [5.41, 5.74) is 3.69. The Morgan fingerprint density at radius 2 is 1.90 bits per heavy atom. The van der Waals surface area contributed by atoms with Gasteiger partial charge in [-0.2, -0.15) is 0 Å². The summed E-state index contributed by atoms with van der Waals surface area (Å²) in [5, 5.41) is 23.4. The molecule has 224 valence electrons. The fraction of sp³-hybridized carbons (Fsp3) is 0.455. The number of rotatable bonds is 12. The Morgan fingerprint density at radius 1 is 1.12 bits per heavy atom. The van der Waals surface area contributed by atoms with Crippen LogP contribution in [-0.4, -0.2) is 73.6 Å². The number of phenolic OH excluding ortho intramolecular Hbond substituents is 1. The van der Waals surface area contributed by atoms with E-state index in [0.29, 0.717) is 37.6 Å². The second-order valence-electron chi connectivity index (χ2n) is 11.3. The van der Waals surface area contributed by atoms with Gasteiger partial charge in [-0.3, -0.25) is 9.59 Å². The number of methoxy groups -OCH3 is 1. The van der Waals surface area contributed by atoms with E-state index in [0.717, 1.165) is 78.2 Å². The Bertz CT molecular complexity index is 1440. The lowest BCUT2D eigenvalue weighted by Gasteiger charge is -2.34. The first-order valence-corrected chi connectivity index (χ1v) is 14.8. The number of aliphatic hydroxyl groups is 1. The molecule has 2 N–H and O–H groups in total. The monoisotopic (exact) mass is 575 g/mol. The van der Waals surface area contributed by atoms with Gasteiger partial charge in [0.25, 0.3) is 0 Å². The first-order chi connectivity index (χ1) is 20.3. The summed E-state index contributed by atoms with van der Waals surface area (Å²) in [6, 6.07) is 13.0. The molecule has 0 radical (unpaired) electrons. The van der Waals surface area contributed by atoms with Gasteiger partial charge in [-0.25, -0.2) is 0 Å². The molecule has 9 nitrogen and oxygen atoms in total. The van der Waals surface area contributed by atoms with Crippen molar-refractivity contribution in [3.63, 3.8) is 0 Å². The molecule has 0 aromatic heterocycles. The molecular weight excluding hydrogens is 534 g/mol. The molecule has 1 saturated heterocycles. The van der Waals surface area contributed by atoms with E-state index in [1.165, 1.54) is 0 Å². The number of amides is 2. The number of aromatic hydroxyl groups is 1. The van der Waals surface area contributed by atoms with Crippen LogP contribution in [0.1, 0.15) is 49.7 Å². The van der Waals surface area contributed by atoms with Crippen molar-refractivity contribution in [3.8, 4) is 17.2 Å². The van der Waals surface area contributed by atoms with Gasteiger partial charge >= 0.3 is 0 Å². The minimum absolute atomic E-state index is 0.0752. The third-order valence-electron chi connectivity index (χ3n) is 8.66. The van der Waals surface area contributed by atoms with E-state index in [2.05, 4.69) is 0 Å². The molecule has 0 spiro atoms. The summed E-state index contributed by atoms with van der Waals surface area (Å²) >= 11 is 0. The smallest absolute Gasteiger partial charge is 0.226 e. The van der Waals surface area contributed by atoms with Gasteiger partial charge < -0.3 is 34.4 Å². The Kier molecular flexibility index (Phi) is 9.06. The van der Waals surface area contributed by atoms with Crippen LogP contribution in [0.15, 0.2) is 42.5 Å². The minimum Gasteiger partial charge on any atom is -0.507 e. The van der Waals surface area contributed by atoms with Crippen LogP contribution >= 0.6 is 0 Å². The van der Waals surface area contributed by atoms with Crippen LogP contribution in [-0.2, 0) is 16.0 Å². The molecule has 2 amide bonds. The van der Waals surface area contributed by atoms with Crippen molar-refractivity contribution in [1.29, 1.82) is 0 Å². The topological polar surface area (TPSA) is 103 Å². The van der Waals surface area contributed by atoms with Crippen LogP contribution in [0.25, 0.3) is 10.8 Å². The molecule has 3 aromatic rings. The van der Waals surface area contributed by atoms with E-state index in [4.69, 9.17) is 9.47 Å². The van der Waals surface area contributed by atoms with E-state index in [9.17, 15) is 19.8 Å². The normalized spacial score (nSPS) is 16.9. The van der Waals surface area contributed by atoms with E-state index in [1.807, 2.05) is 55.3 Å². The average Bonchev–Trinajstić information content (AvgIpc) is 3.66. The zero-order chi connectivity index (χ0) is 29.8. The predicted molar refractivity (Wildman–Crippen MR) is 164 cm³/mol. The molecule has 2 atom stereocenters. The molecule has 0 bridgehead atoms. The lowest BCUT2D eigenvalue weighted by molar-refractivity contribution is -0.121. The molecule has 0 aliphatic carbocycles. The molecule has 2 aliphatic rings. The number of unbranched alkanes of at least 4 members (excludes halogenated alkanes) is 2. The fourth-order valence-electron chi connectivity index (χ4n) is 6.35. The maximum absolute atomic E-state index is 13.1. The maximum Gasteiger partial charge on any atom is 0.226 e. The van der Waals surface area contributed by atoms with Crippen molar-refractivity contribution >= 4 is 34.5 Å². The highest BCUT2D eigenvalue weighted by atomic mass is 16.5. The van der Waals surface area contributed by atoms with Gasteiger partial charge in [-0.05, 0) is 68.0 Å². The zero-order valence-electron chi connectivity index (χ0n) is 24.7. The molecule has 3 aromatic carbocycles. The lowest BCUT2D eigenvalue weighted by Crippen LogP contribution is -2.47. The van der Waals surface area contributed by atoms with Crippen molar-refractivity contribution in [1.82, 2.24) is 4.90 Å². The van der Waals surface area contributed by atoms with Gasteiger partial charge in [0.1, 0.15) is 12.0 Å². The fourth-order valence-corrected chi connectivity index (χ4v) is 6.35. The van der Waals surface area contributed by atoms with E-state index < -0.39 is 6.23 Å². The van der Waals surface area contributed by atoms with Crippen molar-refractivity contribution in [3.05, 3.63) is 53.6 Å². The molecule has 1 fully saturated rings. The maximum atomic E-state index is 13.1. The highest BCUT2D eigenvalue weighted by molar-refractivity contribution is 6.02. The number of hydrogen-bond acceptors (Lipinski definition) is 7. The number of nitrogens with zero attached hydrogens (tertiary/aromatic N) is 3. The van der Waals surface area contributed by atoms with Crippen LogP contribution in [0.3, 0.4) is 0 Å². The molecule has 2 aliphatic heterocycles. The highest BCUT2D eigenvalue weighted by Crippen LogP contribution is 2.40. The van der Waals surface area contributed by atoms with E-state index in [1.54, 1.807) is 23.0 Å². The van der Waals surface area contributed by atoms with Crippen LogP contribution in [0, 0.1) is 6.92 Å². The summed E-state index contributed by atoms with van der Waals surface area (Å²) in [5.74, 6) is 1.49. The number of aryl methyl sites for hydroxylation is 1. The number of carbonyl (C=O) groups excluding carboxylic acids is 2. The Hall–Kier alpha value is -3.98. The number of fused-ring (bicyclic) bond motifs is 3. The van der Waals surface area contributed by atoms with Gasteiger partial charge in [0.2, 0.25) is 12.3 Å². The third-order valence-corrected chi connectivity index (χ3v) is 8.66. The second-order valence-corrected chi connectivity index (χ2v) is 11.3. The number of aliphatic hydroxyl groups excluding tert-OH is 1. The predicted octanol–water partition coefficient (Wildman–Crippen LogP) is 4.77. The first kappa shape index (κ1) is 29.5. The van der Waals surface area contributed by atoms with Gasteiger partial charge in [0.15, 0.2) is 11.5 Å². The number of phenols is 1. The molecule has 2 heterocycles. The van der Waals surface area contributed by atoms with E-state index in [-0.39, 0.29) is 17.7 Å². The Morgan fingerprint density at radius 3 is 2.67 bits per heavy atom. The largest absolute Gasteiger partial charge is 0.507 e. The Labute approximate surface area is 247 Å². The quantitative estimate of drug-likeness (QED) is 0.182. The highest BCUT2D eigenvalue weighted by Gasteiger charge is 2.33.